The molecule has 0 radical (unpaired) electrons. The number of hydrogen-bond donors (Lipinski definition) is 0. The SMILES string of the molecule is COCCn1c(=O)/c(=C/c2ccccc2OC(F)F)s/c1=C(\C#N)C(=O)c1ccccc1. The summed E-state index contributed by atoms with van der Waals surface area (Å²) in [5, 5.41) is 9.73. The van der Waals surface area contributed by atoms with Crippen molar-refractivity contribution < 1.29 is 23.0 Å². The number of ketones is 1. The number of nitrogens with zero attached hydrogens (tertiary/aromatic N) is 2. The van der Waals surface area contributed by atoms with Crippen LogP contribution in [0.3, 0.4) is 0 Å². The second kappa shape index (κ2) is 10.6. The molecule has 0 aliphatic carbocycles. The molecule has 0 bridgehead atoms. The van der Waals surface area contributed by atoms with Crippen molar-refractivity contribution in [2.24, 2.45) is 0 Å². The highest BCUT2D eigenvalue weighted by molar-refractivity contribution is 7.07. The standard InChI is InChI=1S/C23H18F2N2O4S/c1-30-12-11-27-21(29)19(13-16-9-5-6-10-18(16)31-23(24)25)32-22(27)17(14-26)20(28)15-7-3-2-4-8-15/h2-10,13,23H,11-12H2,1H3/b19-13-,22-17+. The number of hydrogen-bond acceptors (Lipinski definition) is 6. The molecule has 3 aromatic rings. The number of aromatic nitrogens is 1. The van der Waals surface area contributed by atoms with Crippen LogP contribution in [0.5, 0.6) is 5.75 Å². The van der Waals surface area contributed by atoms with E-state index in [9.17, 15) is 23.6 Å². The molecular weight excluding hydrogens is 438 g/mol. The molecule has 0 N–H and O–H groups in total. The highest BCUT2D eigenvalue weighted by Crippen LogP contribution is 2.20. The third kappa shape index (κ3) is 5.17. The predicted octanol–water partition coefficient (Wildman–Crippen LogP) is 2.54. The Labute approximate surface area is 185 Å². The Morgan fingerprint density at radius 3 is 2.53 bits per heavy atom. The number of halogens is 2. The molecule has 2 aromatic carbocycles. The summed E-state index contributed by atoms with van der Waals surface area (Å²) in [5.41, 5.74) is -0.0810. The van der Waals surface area contributed by atoms with Crippen LogP contribution in [0.2, 0.25) is 0 Å². The number of carbonyl (C=O) groups is 1. The van der Waals surface area contributed by atoms with Gasteiger partial charge in [-0.1, -0.05) is 48.5 Å². The smallest absolute Gasteiger partial charge is 0.387 e. The van der Waals surface area contributed by atoms with Gasteiger partial charge in [-0.05, 0) is 12.1 Å². The summed E-state index contributed by atoms with van der Waals surface area (Å²) in [4.78, 5) is 26.0. The van der Waals surface area contributed by atoms with Crippen LogP contribution in [0.15, 0.2) is 59.4 Å². The third-order valence-electron chi connectivity index (χ3n) is 4.44. The van der Waals surface area contributed by atoms with Crippen molar-refractivity contribution in [3.05, 3.63) is 85.3 Å². The zero-order valence-corrected chi connectivity index (χ0v) is 17.8. The van der Waals surface area contributed by atoms with E-state index in [1.165, 1.54) is 36.0 Å². The Hall–Kier alpha value is -3.61. The van der Waals surface area contributed by atoms with Gasteiger partial charge in [-0.3, -0.25) is 14.2 Å². The molecule has 0 atom stereocenters. The molecule has 6 nitrogen and oxygen atoms in total. The van der Waals surface area contributed by atoms with Crippen LogP contribution in [0.1, 0.15) is 15.9 Å². The van der Waals surface area contributed by atoms with Crippen LogP contribution in [0, 0.1) is 11.3 Å². The molecule has 0 saturated heterocycles. The first-order chi connectivity index (χ1) is 15.5. The number of ether oxygens (including phenoxy) is 2. The molecule has 0 unspecified atom stereocenters. The van der Waals surface area contributed by atoms with Crippen LogP contribution < -0.4 is 19.5 Å². The molecule has 164 valence electrons. The maximum Gasteiger partial charge on any atom is 0.387 e. The summed E-state index contributed by atoms with van der Waals surface area (Å²) in [6.45, 7) is -2.74. The maximum absolute atomic E-state index is 13.1. The van der Waals surface area contributed by atoms with Gasteiger partial charge >= 0.3 is 6.61 Å². The number of Topliss-reactive ketones (excluding diaryl/α,β-unsaturated/α-hetero) is 1. The first-order valence-corrected chi connectivity index (χ1v) is 10.3. The van der Waals surface area contributed by atoms with Gasteiger partial charge in [0, 0.05) is 18.2 Å². The minimum Gasteiger partial charge on any atom is -0.434 e. The molecule has 0 amide bonds. The van der Waals surface area contributed by atoms with Crippen molar-refractivity contribution in [2.75, 3.05) is 13.7 Å². The molecule has 0 spiro atoms. The molecular formula is C23H18F2N2O4S. The molecule has 0 aliphatic rings. The van der Waals surface area contributed by atoms with Crippen LogP contribution in [-0.4, -0.2) is 30.7 Å². The quantitative estimate of drug-likeness (QED) is 0.487. The average Bonchev–Trinajstić information content (AvgIpc) is 3.09. The average molecular weight is 456 g/mol. The van der Waals surface area contributed by atoms with E-state index >= 15 is 0 Å². The Kier molecular flexibility index (Phi) is 7.65. The van der Waals surface area contributed by atoms with Gasteiger partial charge in [0.15, 0.2) is 0 Å². The van der Waals surface area contributed by atoms with Gasteiger partial charge in [-0.15, -0.1) is 11.3 Å². The zero-order chi connectivity index (χ0) is 23.1. The van der Waals surface area contributed by atoms with Gasteiger partial charge in [0.1, 0.15) is 22.1 Å². The lowest BCUT2D eigenvalue weighted by atomic mass is 10.1. The van der Waals surface area contributed by atoms with Gasteiger partial charge < -0.3 is 9.47 Å². The second-order valence-corrected chi connectivity index (χ2v) is 7.49. The number of benzene rings is 2. The summed E-state index contributed by atoms with van der Waals surface area (Å²) in [7, 11) is 1.46. The second-order valence-electron chi connectivity index (χ2n) is 6.46. The summed E-state index contributed by atoms with van der Waals surface area (Å²) in [6.07, 6.45) is 1.40. The Bertz CT molecular complexity index is 1320. The number of nitriles is 1. The van der Waals surface area contributed by atoms with Crippen molar-refractivity contribution in [3.8, 4) is 11.8 Å². The topological polar surface area (TPSA) is 81.3 Å². The molecule has 1 aromatic heterocycles. The van der Waals surface area contributed by atoms with Crippen molar-refractivity contribution in [2.45, 2.75) is 13.2 Å². The number of carbonyl (C=O) groups excluding carboxylic acids is 1. The van der Waals surface area contributed by atoms with E-state index in [2.05, 4.69) is 4.74 Å². The first-order valence-electron chi connectivity index (χ1n) is 9.44. The molecule has 32 heavy (non-hydrogen) atoms. The summed E-state index contributed by atoms with van der Waals surface area (Å²) in [6, 6.07) is 16.2. The molecule has 3 rings (SSSR count). The van der Waals surface area contributed by atoms with E-state index < -0.39 is 18.0 Å². The van der Waals surface area contributed by atoms with E-state index in [-0.39, 0.29) is 39.2 Å². The fourth-order valence-corrected chi connectivity index (χ4v) is 4.08. The zero-order valence-electron chi connectivity index (χ0n) is 17.0. The maximum atomic E-state index is 13.1. The lowest BCUT2D eigenvalue weighted by Gasteiger charge is -2.06. The van der Waals surface area contributed by atoms with Crippen molar-refractivity contribution in [3.63, 3.8) is 0 Å². The molecule has 1 heterocycles. The van der Waals surface area contributed by atoms with E-state index in [1.54, 1.807) is 36.4 Å². The minimum atomic E-state index is -3.02. The largest absolute Gasteiger partial charge is 0.434 e. The normalized spacial score (nSPS) is 12.5. The molecule has 0 aliphatic heterocycles. The van der Waals surface area contributed by atoms with Crippen molar-refractivity contribution >= 4 is 28.8 Å². The Morgan fingerprint density at radius 2 is 1.88 bits per heavy atom. The lowest BCUT2D eigenvalue weighted by Crippen LogP contribution is -2.34. The Morgan fingerprint density at radius 1 is 1.19 bits per heavy atom. The van der Waals surface area contributed by atoms with Crippen LogP contribution in [0.25, 0.3) is 11.6 Å². The van der Waals surface area contributed by atoms with Gasteiger partial charge in [-0.2, -0.15) is 14.0 Å². The van der Waals surface area contributed by atoms with E-state index in [4.69, 9.17) is 4.74 Å². The van der Waals surface area contributed by atoms with E-state index in [1.807, 2.05) is 6.07 Å². The Balaban J connectivity index is 2.26. The third-order valence-corrected chi connectivity index (χ3v) is 5.57. The fraction of sp³-hybridized carbons (Fsp3) is 0.174. The monoisotopic (exact) mass is 456 g/mol. The van der Waals surface area contributed by atoms with Gasteiger partial charge in [-0.25, -0.2) is 0 Å². The first kappa shape index (κ1) is 23.1. The summed E-state index contributed by atoms with van der Waals surface area (Å²) < 4.78 is 36.7. The number of methoxy groups -OCH3 is 1. The minimum absolute atomic E-state index is 0.0925. The highest BCUT2D eigenvalue weighted by atomic mass is 32.1. The molecule has 9 heteroatoms. The van der Waals surface area contributed by atoms with Gasteiger partial charge in [0.2, 0.25) is 5.78 Å². The number of alkyl halides is 2. The number of para-hydroxylation sites is 1. The van der Waals surface area contributed by atoms with Crippen LogP contribution in [-0.2, 0) is 11.3 Å². The summed E-state index contributed by atoms with van der Waals surface area (Å²) >= 11 is 0.931. The van der Waals surface area contributed by atoms with Crippen molar-refractivity contribution in [1.29, 1.82) is 5.26 Å². The molecule has 0 saturated carbocycles. The lowest BCUT2D eigenvalue weighted by molar-refractivity contribution is -0.0499. The van der Waals surface area contributed by atoms with Crippen LogP contribution >= 0.6 is 11.3 Å². The molecule has 0 fully saturated rings. The van der Waals surface area contributed by atoms with Crippen LogP contribution in [0.4, 0.5) is 8.78 Å². The van der Waals surface area contributed by atoms with E-state index in [0.717, 1.165) is 11.3 Å². The van der Waals surface area contributed by atoms with Crippen molar-refractivity contribution in [1.82, 2.24) is 4.57 Å². The van der Waals surface area contributed by atoms with Gasteiger partial charge in [0.05, 0.1) is 17.7 Å². The summed E-state index contributed by atoms with van der Waals surface area (Å²) in [5.74, 6) is -0.612. The van der Waals surface area contributed by atoms with E-state index in [0.29, 0.717) is 5.56 Å². The highest BCUT2D eigenvalue weighted by Gasteiger charge is 2.18. The van der Waals surface area contributed by atoms with Gasteiger partial charge in [0.25, 0.3) is 5.56 Å². The predicted molar refractivity (Wildman–Crippen MR) is 116 cm³/mol. The number of rotatable bonds is 8. The number of thiazole rings is 1. The fourth-order valence-electron chi connectivity index (χ4n) is 2.96.